The van der Waals surface area contributed by atoms with Gasteiger partial charge >= 0.3 is 11.9 Å². The van der Waals surface area contributed by atoms with Crippen molar-refractivity contribution in [2.24, 2.45) is 0 Å². The molecular weight excluding hydrogens is 344 g/mol. The average Bonchev–Trinajstić information content (AvgIpc) is 2.30. The fraction of sp³-hybridized carbons (Fsp3) is 0.308. The van der Waals surface area contributed by atoms with Gasteiger partial charge in [0.25, 0.3) is 0 Å². The van der Waals surface area contributed by atoms with Crippen molar-refractivity contribution in [1.29, 1.82) is 0 Å². The summed E-state index contributed by atoms with van der Waals surface area (Å²) >= 11 is 3.31. The van der Waals surface area contributed by atoms with Crippen molar-refractivity contribution < 1.29 is 24.6 Å². The molecule has 3 N–H and O–H groups in total. The summed E-state index contributed by atoms with van der Waals surface area (Å²) in [6.45, 7) is 0.542. The number of rotatable bonds is 7. The maximum absolute atomic E-state index is 11.9. The van der Waals surface area contributed by atoms with Gasteiger partial charge in [-0.1, -0.05) is 6.07 Å². The Hall–Kier alpha value is -1.93. The van der Waals surface area contributed by atoms with E-state index in [0.717, 1.165) is 10.5 Å². The quantitative estimate of drug-likeness (QED) is 0.675. The van der Waals surface area contributed by atoms with E-state index in [2.05, 4.69) is 21.2 Å². The van der Waals surface area contributed by atoms with Crippen LogP contribution in [0.5, 0.6) is 0 Å². The molecule has 0 aliphatic heterocycles. The summed E-state index contributed by atoms with van der Waals surface area (Å²) in [6.07, 6.45) is 0. The highest BCUT2D eigenvalue weighted by atomic mass is 79.9. The fourth-order valence-electron chi connectivity index (χ4n) is 1.66. The topological polar surface area (TPSA) is 107 Å². The number of hydrogen-bond donors (Lipinski definition) is 3. The molecule has 8 heteroatoms. The highest BCUT2D eigenvalue weighted by Gasteiger charge is 2.17. The number of carbonyl (C=O) groups is 3. The average molecular weight is 359 g/mol. The second-order valence-corrected chi connectivity index (χ2v) is 5.32. The molecule has 0 bridgehead atoms. The van der Waals surface area contributed by atoms with Gasteiger partial charge in [-0.3, -0.25) is 19.3 Å². The molecule has 21 heavy (non-hydrogen) atoms. The zero-order valence-corrected chi connectivity index (χ0v) is 12.9. The molecule has 1 amide bonds. The van der Waals surface area contributed by atoms with E-state index in [1.165, 1.54) is 0 Å². The van der Waals surface area contributed by atoms with Gasteiger partial charge in [0.05, 0.1) is 25.3 Å². The maximum Gasteiger partial charge on any atom is 0.317 e. The van der Waals surface area contributed by atoms with Gasteiger partial charge in [-0.2, -0.15) is 0 Å². The van der Waals surface area contributed by atoms with Crippen LogP contribution in [0.3, 0.4) is 0 Å². The lowest BCUT2D eigenvalue weighted by molar-refractivity contribution is -0.142. The highest BCUT2D eigenvalue weighted by molar-refractivity contribution is 9.10. The molecule has 0 saturated heterocycles. The maximum atomic E-state index is 11.9. The molecule has 0 fully saturated rings. The molecule has 0 aromatic heterocycles. The second-order valence-electron chi connectivity index (χ2n) is 4.46. The van der Waals surface area contributed by atoms with E-state index in [-0.39, 0.29) is 6.54 Å². The van der Waals surface area contributed by atoms with E-state index < -0.39 is 30.9 Å². The lowest BCUT2D eigenvalue weighted by atomic mass is 10.2. The smallest absolute Gasteiger partial charge is 0.317 e. The Morgan fingerprint density at radius 1 is 1.14 bits per heavy atom. The van der Waals surface area contributed by atoms with Crippen LogP contribution in [0.25, 0.3) is 0 Å². The molecule has 1 aromatic carbocycles. The van der Waals surface area contributed by atoms with Gasteiger partial charge in [-0.05, 0) is 40.5 Å². The minimum absolute atomic E-state index is 0.321. The number of nitrogens with zero attached hydrogens (tertiary/aromatic N) is 1. The lowest BCUT2D eigenvalue weighted by Crippen LogP contribution is -2.40. The predicted molar refractivity (Wildman–Crippen MR) is 79.2 cm³/mol. The number of benzene rings is 1. The minimum Gasteiger partial charge on any atom is -0.480 e. The summed E-state index contributed by atoms with van der Waals surface area (Å²) in [5.41, 5.74) is 1.55. The molecule has 7 nitrogen and oxygen atoms in total. The van der Waals surface area contributed by atoms with Gasteiger partial charge in [0.15, 0.2) is 0 Å². The molecule has 0 heterocycles. The van der Waals surface area contributed by atoms with E-state index in [4.69, 9.17) is 10.2 Å². The van der Waals surface area contributed by atoms with Gasteiger partial charge in [0.2, 0.25) is 5.91 Å². The minimum atomic E-state index is -1.19. The summed E-state index contributed by atoms with van der Waals surface area (Å²) < 4.78 is 0.693. The Labute approximate surface area is 129 Å². The zero-order chi connectivity index (χ0) is 16.0. The first-order valence-corrected chi connectivity index (χ1v) is 6.79. The molecular formula is C13H15BrN2O5. The molecule has 1 aromatic rings. The van der Waals surface area contributed by atoms with Gasteiger partial charge in [-0.15, -0.1) is 0 Å². The Morgan fingerprint density at radius 2 is 1.71 bits per heavy atom. The van der Waals surface area contributed by atoms with Crippen molar-refractivity contribution >= 4 is 39.5 Å². The van der Waals surface area contributed by atoms with Crippen molar-refractivity contribution in [2.45, 2.75) is 6.92 Å². The van der Waals surface area contributed by atoms with Crippen molar-refractivity contribution in [3.63, 3.8) is 0 Å². The van der Waals surface area contributed by atoms with Crippen LogP contribution in [0.15, 0.2) is 22.7 Å². The van der Waals surface area contributed by atoms with Gasteiger partial charge < -0.3 is 15.5 Å². The van der Waals surface area contributed by atoms with E-state index in [9.17, 15) is 14.4 Å². The van der Waals surface area contributed by atoms with E-state index >= 15 is 0 Å². The lowest BCUT2D eigenvalue weighted by Gasteiger charge is -2.17. The number of aryl methyl sites for hydroxylation is 1. The van der Waals surface area contributed by atoms with E-state index in [1.54, 1.807) is 6.07 Å². The second kappa shape index (κ2) is 7.75. The predicted octanol–water partition coefficient (Wildman–Crippen LogP) is 1.17. The molecule has 0 spiro atoms. The number of carboxylic acids is 2. The van der Waals surface area contributed by atoms with E-state index in [0.29, 0.717) is 10.2 Å². The number of amides is 1. The molecule has 114 valence electrons. The van der Waals surface area contributed by atoms with Crippen LogP contribution in [0.1, 0.15) is 5.56 Å². The van der Waals surface area contributed by atoms with Crippen LogP contribution in [0.2, 0.25) is 0 Å². The number of carboxylic acid groups (broad SMARTS) is 2. The molecule has 0 aliphatic rings. The molecule has 1 rings (SSSR count). The van der Waals surface area contributed by atoms with Gasteiger partial charge in [0.1, 0.15) is 0 Å². The molecule has 0 aliphatic carbocycles. The third kappa shape index (κ3) is 6.37. The SMILES string of the molecule is Cc1ccc(NC(=O)CN(CC(=O)O)CC(=O)O)c(Br)c1. The van der Waals surface area contributed by atoms with Crippen LogP contribution < -0.4 is 5.32 Å². The zero-order valence-electron chi connectivity index (χ0n) is 11.3. The summed E-state index contributed by atoms with van der Waals surface area (Å²) in [4.78, 5) is 34.2. The Bertz CT molecular complexity index is 545. The standard InChI is InChI=1S/C13H15BrN2O5/c1-8-2-3-10(9(14)4-8)15-11(17)5-16(6-12(18)19)7-13(20)21/h2-4H,5-7H2,1H3,(H,15,17)(H,18,19)(H,20,21). The number of carbonyl (C=O) groups excluding carboxylic acids is 1. The van der Waals surface area contributed by atoms with Crippen LogP contribution in [0.4, 0.5) is 5.69 Å². The summed E-state index contributed by atoms with van der Waals surface area (Å²) in [6, 6.07) is 5.34. The summed E-state index contributed by atoms with van der Waals surface area (Å²) in [5.74, 6) is -2.87. The van der Waals surface area contributed by atoms with Gasteiger partial charge in [-0.25, -0.2) is 0 Å². The van der Waals surface area contributed by atoms with Crippen LogP contribution in [-0.2, 0) is 14.4 Å². The highest BCUT2D eigenvalue weighted by Crippen LogP contribution is 2.23. The molecule has 0 saturated carbocycles. The summed E-state index contributed by atoms with van der Waals surface area (Å²) in [7, 11) is 0. The van der Waals surface area contributed by atoms with Gasteiger partial charge in [0, 0.05) is 4.47 Å². The first-order chi connectivity index (χ1) is 9.77. The largest absolute Gasteiger partial charge is 0.480 e. The molecule has 0 atom stereocenters. The summed E-state index contributed by atoms with van der Waals surface area (Å²) in [5, 5.41) is 20.0. The normalized spacial score (nSPS) is 10.4. The monoisotopic (exact) mass is 358 g/mol. The van der Waals surface area contributed by atoms with Crippen LogP contribution in [-0.4, -0.2) is 52.6 Å². The Kier molecular flexibility index (Phi) is 6.32. The number of hydrogen-bond acceptors (Lipinski definition) is 4. The first kappa shape index (κ1) is 17.1. The number of anilines is 1. The van der Waals surface area contributed by atoms with Crippen LogP contribution >= 0.6 is 15.9 Å². The molecule has 0 unspecified atom stereocenters. The Balaban J connectivity index is 2.68. The van der Waals surface area contributed by atoms with Crippen molar-refractivity contribution in [1.82, 2.24) is 4.90 Å². The molecule has 0 radical (unpaired) electrons. The van der Waals surface area contributed by atoms with Crippen molar-refractivity contribution in [3.8, 4) is 0 Å². The number of nitrogens with one attached hydrogen (secondary N) is 1. The van der Waals surface area contributed by atoms with Crippen LogP contribution in [0, 0.1) is 6.92 Å². The third-order valence-electron chi connectivity index (χ3n) is 2.48. The first-order valence-electron chi connectivity index (χ1n) is 6.00. The van der Waals surface area contributed by atoms with E-state index in [1.807, 2.05) is 19.1 Å². The Morgan fingerprint density at radius 3 is 2.19 bits per heavy atom. The fourth-order valence-corrected chi connectivity index (χ4v) is 2.26. The van der Waals surface area contributed by atoms with Crippen molar-refractivity contribution in [3.05, 3.63) is 28.2 Å². The third-order valence-corrected chi connectivity index (χ3v) is 3.14. The van der Waals surface area contributed by atoms with Crippen molar-refractivity contribution in [2.75, 3.05) is 25.0 Å². The number of halogens is 1. The number of aliphatic carboxylic acids is 2.